The fourth-order valence-electron chi connectivity index (χ4n) is 5.07. The van der Waals surface area contributed by atoms with E-state index in [1.807, 2.05) is 0 Å². The first kappa shape index (κ1) is 24.1. The molecule has 188 valence electrons. The van der Waals surface area contributed by atoms with E-state index in [0.717, 1.165) is 61.7 Å². The minimum atomic E-state index is 0.498. The van der Waals surface area contributed by atoms with Crippen LogP contribution in [-0.4, -0.2) is 39.6 Å². The SMILES string of the molecule is CCCN(CCC)c1cc(Nc2ccc3[nH]c4c(c3c2)CCCC4)nc(OCCc2cnccn2)c1. The summed E-state index contributed by atoms with van der Waals surface area (Å²) in [5.74, 6) is 1.42. The molecule has 7 nitrogen and oxygen atoms in total. The number of aromatic amines is 1. The van der Waals surface area contributed by atoms with Crippen LogP contribution in [0.4, 0.5) is 17.2 Å². The fraction of sp³-hybridized carbons (Fsp3) is 0.414. The van der Waals surface area contributed by atoms with Crippen molar-refractivity contribution in [2.45, 2.75) is 58.8 Å². The molecule has 0 fully saturated rings. The molecule has 0 saturated carbocycles. The van der Waals surface area contributed by atoms with Crippen molar-refractivity contribution in [1.29, 1.82) is 0 Å². The van der Waals surface area contributed by atoms with Crippen molar-refractivity contribution in [2.24, 2.45) is 0 Å². The number of rotatable bonds is 11. The third kappa shape index (κ3) is 5.61. The van der Waals surface area contributed by atoms with Crippen molar-refractivity contribution in [3.05, 3.63) is 65.9 Å². The summed E-state index contributed by atoms with van der Waals surface area (Å²) in [6, 6.07) is 10.8. The average molecular weight is 485 g/mol. The Kier molecular flexibility index (Phi) is 7.64. The molecule has 0 aliphatic heterocycles. The number of nitrogens with zero attached hydrogens (tertiary/aromatic N) is 4. The lowest BCUT2D eigenvalue weighted by atomic mass is 9.95. The van der Waals surface area contributed by atoms with Crippen LogP contribution in [0.5, 0.6) is 5.88 Å². The zero-order valence-corrected chi connectivity index (χ0v) is 21.4. The van der Waals surface area contributed by atoms with Gasteiger partial charge in [-0.2, -0.15) is 4.98 Å². The lowest BCUT2D eigenvalue weighted by Gasteiger charge is -2.25. The zero-order valence-electron chi connectivity index (χ0n) is 21.4. The van der Waals surface area contributed by atoms with Crippen molar-refractivity contribution in [2.75, 3.05) is 29.9 Å². The van der Waals surface area contributed by atoms with Gasteiger partial charge in [0.1, 0.15) is 5.82 Å². The van der Waals surface area contributed by atoms with Crippen molar-refractivity contribution in [3.8, 4) is 5.88 Å². The molecule has 1 aromatic carbocycles. The van der Waals surface area contributed by atoms with Gasteiger partial charge in [-0.1, -0.05) is 13.8 Å². The number of hydrogen-bond acceptors (Lipinski definition) is 6. The number of hydrogen-bond donors (Lipinski definition) is 2. The molecule has 1 aliphatic carbocycles. The minimum Gasteiger partial charge on any atom is -0.477 e. The fourth-order valence-corrected chi connectivity index (χ4v) is 5.07. The van der Waals surface area contributed by atoms with Crippen LogP contribution in [0.3, 0.4) is 0 Å². The van der Waals surface area contributed by atoms with Gasteiger partial charge in [0.2, 0.25) is 5.88 Å². The maximum atomic E-state index is 6.12. The molecule has 2 N–H and O–H groups in total. The van der Waals surface area contributed by atoms with E-state index in [2.05, 4.69) is 69.3 Å². The molecule has 36 heavy (non-hydrogen) atoms. The van der Waals surface area contributed by atoms with Crippen LogP contribution in [0.1, 0.15) is 56.5 Å². The Morgan fingerprint density at radius 1 is 1.03 bits per heavy atom. The van der Waals surface area contributed by atoms with Gasteiger partial charge < -0.3 is 19.9 Å². The Morgan fingerprint density at radius 3 is 2.69 bits per heavy atom. The van der Waals surface area contributed by atoms with Crippen LogP contribution in [0, 0.1) is 0 Å². The average Bonchev–Trinajstić information content (AvgIpc) is 3.27. The Hall–Kier alpha value is -3.61. The summed E-state index contributed by atoms with van der Waals surface area (Å²) in [5.41, 5.74) is 7.19. The third-order valence-corrected chi connectivity index (χ3v) is 6.73. The van der Waals surface area contributed by atoms with Gasteiger partial charge >= 0.3 is 0 Å². The van der Waals surface area contributed by atoms with Crippen LogP contribution in [0.25, 0.3) is 10.9 Å². The molecule has 0 bridgehead atoms. The monoisotopic (exact) mass is 484 g/mol. The number of pyridine rings is 1. The number of fused-ring (bicyclic) bond motifs is 3. The molecule has 3 aromatic heterocycles. The summed E-state index contributed by atoms with van der Waals surface area (Å²) < 4.78 is 6.12. The van der Waals surface area contributed by atoms with Gasteiger partial charge in [0.15, 0.2) is 0 Å². The topological polar surface area (TPSA) is 79.0 Å². The van der Waals surface area contributed by atoms with Gasteiger partial charge in [-0.3, -0.25) is 9.97 Å². The number of ether oxygens (including phenoxy) is 1. The maximum absolute atomic E-state index is 6.12. The second-order valence-electron chi connectivity index (χ2n) is 9.51. The molecule has 0 radical (unpaired) electrons. The van der Waals surface area contributed by atoms with E-state index in [9.17, 15) is 0 Å². The highest BCUT2D eigenvalue weighted by Gasteiger charge is 2.16. The summed E-state index contributed by atoms with van der Waals surface area (Å²) in [7, 11) is 0. The minimum absolute atomic E-state index is 0.498. The summed E-state index contributed by atoms with van der Waals surface area (Å²) in [6.07, 6.45) is 12.9. The lowest BCUT2D eigenvalue weighted by molar-refractivity contribution is 0.308. The first-order valence-corrected chi connectivity index (χ1v) is 13.3. The Bertz CT molecular complexity index is 1280. The van der Waals surface area contributed by atoms with Gasteiger partial charge in [0.25, 0.3) is 0 Å². The van der Waals surface area contributed by atoms with Crippen LogP contribution >= 0.6 is 0 Å². The summed E-state index contributed by atoms with van der Waals surface area (Å²) in [4.78, 5) is 19.3. The van der Waals surface area contributed by atoms with Crippen molar-refractivity contribution in [1.82, 2.24) is 19.9 Å². The highest BCUT2D eigenvalue weighted by atomic mass is 16.5. The predicted octanol–water partition coefficient (Wildman–Crippen LogP) is 6.22. The molecule has 0 spiro atoms. The van der Waals surface area contributed by atoms with Crippen LogP contribution in [0.2, 0.25) is 0 Å². The standard InChI is InChI=1S/C29H36N6O/c1-3-14-35(15-4-2)23-18-28(34-29(19-23)36-16-11-22-20-30-12-13-31-22)32-21-9-10-27-25(17-21)24-7-5-6-8-26(24)33-27/h9-10,12-13,17-20,33H,3-8,11,14-16H2,1-2H3,(H,32,34). The van der Waals surface area contributed by atoms with Crippen LogP contribution in [-0.2, 0) is 19.3 Å². The van der Waals surface area contributed by atoms with Gasteiger partial charge in [-0.05, 0) is 62.3 Å². The highest BCUT2D eigenvalue weighted by Crippen LogP contribution is 2.32. The van der Waals surface area contributed by atoms with Crippen LogP contribution < -0.4 is 15.0 Å². The maximum Gasteiger partial charge on any atom is 0.217 e. The summed E-state index contributed by atoms with van der Waals surface area (Å²) >= 11 is 0. The Balaban J connectivity index is 1.40. The van der Waals surface area contributed by atoms with Gasteiger partial charge in [-0.15, -0.1) is 0 Å². The molecule has 4 aromatic rings. The van der Waals surface area contributed by atoms with Gasteiger partial charge in [0, 0.05) is 78.2 Å². The molecule has 0 atom stereocenters. The van der Waals surface area contributed by atoms with E-state index < -0.39 is 0 Å². The first-order chi connectivity index (χ1) is 17.7. The molecule has 3 heterocycles. The molecular formula is C29H36N6O. The summed E-state index contributed by atoms with van der Waals surface area (Å²) in [5, 5.41) is 4.89. The second-order valence-corrected chi connectivity index (χ2v) is 9.51. The van der Waals surface area contributed by atoms with Crippen LogP contribution in [0.15, 0.2) is 48.9 Å². The quantitative estimate of drug-likeness (QED) is 0.263. The van der Waals surface area contributed by atoms with Crippen molar-refractivity contribution < 1.29 is 4.74 Å². The number of anilines is 3. The van der Waals surface area contributed by atoms with E-state index in [-0.39, 0.29) is 0 Å². The second kappa shape index (κ2) is 11.4. The number of benzene rings is 1. The largest absolute Gasteiger partial charge is 0.477 e. The van der Waals surface area contributed by atoms with E-state index in [4.69, 9.17) is 9.72 Å². The number of aromatic nitrogens is 4. The highest BCUT2D eigenvalue weighted by molar-refractivity contribution is 5.88. The van der Waals surface area contributed by atoms with E-state index in [1.54, 1.807) is 18.6 Å². The van der Waals surface area contributed by atoms with Gasteiger partial charge in [0.05, 0.1) is 12.3 Å². The van der Waals surface area contributed by atoms with Crippen molar-refractivity contribution in [3.63, 3.8) is 0 Å². The smallest absolute Gasteiger partial charge is 0.217 e. The molecular weight excluding hydrogens is 448 g/mol. The van der Waals surface area contributed by atoms with Crippen molar-refractivity contribution >= 4 is 28.1 Å². The lowest BCUT2D eigenvalue weighted by Crippen LogP contribution is -2.25. The summed E-state index contributed by atoms with van der Waals surface area (Å²) in [6.45, 7) is 6.93. The van der Waals surface area contributed by atoms with E-state index in [1.165, 1.54) is 35.0 Å². The Labute approximate surface area is 213 Å². The van der Waals surface area contributed by atoms with Gasteiger partial charge in [-0.25, -0.2) is 0 Å². The normalized spacial score (nSPS) is 12.9. The number of aryl methyl sites for hydroxylation is 2. The Morgan fingerprint density at radius 2 is 1.89 bits per heavy atom. The molecule has 0 saturated heterocycles. The number of H-pyrrole nitrogens is 1. The van der Waals surface area contributed by atoms with E-state index in [0.29, 0.717) is 18.9 Å². The predicted molar refractivity (Wildman–Crippen MR) is 146 cm³/mol. The zero-order chi connectivity index (χ0) is 24.7. The molecule has 0 unspecified atom stereocenters. The molecule has 7 heteroatoms. The molecule has 1 aliphatic rings. The number of nitrogens with one attached hydrogen (secondary N) is 2. The molecule has 5 rings (SSSR count). The molecule has 0 amide bonds. The third-order valence-electron chi connectivity index (χ3n) is 6.73. The first-order valence-electron chi connectivity index (χ1n) is 13.3. The van der Waals surface area contributed by atoms with E-state index >= 15 is 0 Å².